The molecule has 3 heteroatoms. The van der Waals surface area contributed by atoms with Crippen LogP contribution >= 0.6 is 11.3 Å². The zero-order chi connectivity index (χ0) is 14.5. The van der Waals surface area contributed by atoms with Crippen LogP contribution in [0.5, 0.6) is 0 Å². The molecule has 1 fully saturated rings. The molecule has 0 aliphatic carbocycles. The summed E-state index contributed by atoms with van der Waals surface area (Å²) in [6.07, 6.45) is 2.30. The predicted molar refractivity (Wildman–Crippen MR) is 91.0 cm³/mol. The summed E-state index contributed by atoms with van der Waals surface area (Å²) in [6, 6.07) is 16.4. The predicted octanol–water partition coefficient (Wildman–Crippen LogP) is 3.20. The fourth-order valence-electron chi connectivity index (χ4n) is 3.14. The quantitative estimate of drug-likeness (QED) is 0.912. The molecule has 1 aromatic heterocycles. The van der Waals surface area contributed by atoms with Gasteiger partial charge >= 0.3 is 0 Å². The molecule has 1 N–H and O–H groups in total. The Balaban J connectivity index is 1.55. The van der Waals surface area contributed by atoms with Crippen molar-refractivity contribution >= 4 is 11.3 Å². The summed E-state index contributed by atoms with van der Waals surface area (Å²) in [7, 11) is 0. The number of benzene rings is 1. The summed E-state index contributed by atoms with van der Waals surface area (Å²) in [5.74, 6) is 0. The van der Waals surface area contributed by atoms with Crippen molar-refractivity contribution in [1.29, 1.82) is 0 Å². The highest BCUT2D eigenvalue weighted by Gasteiger charge is 2.23. The smallest absolute Gasteiger partial charge is 0.0236 e. The average Bonchev–Trinajstić information content (AvgIpc) is 3.01. The second kappa shape index (κ2) is 7.21. The van der Waals surface area contributed by atoms with Crippen LogP contribution in [0.2, 0.25) is 0 Å². The summed E-state index contributed by atoms with van der Waals surface area (Å²) >= 11 is 1.88. The van der Waals surface area contributed by atoms with Crippen molar-refractivity contribution in [3.05, 3.63) is 58.3 Å². The topological polar surface area (TPSA) is 15.3 Å². The molecule has 0 bridgehead atoms. The molecule has 21 heavy (non-hydrogen) atoms. The normalized spacial score (nSPS) is 21.3. The van der Waals surface area contributed by atoms with E-state index in [1.807, 2.05) is 11.3 Å². The van der Waals surface area contributed by atoms with Gasteiger partial charge in [-0.2, -0.15) is 0 Å². The van der Waals surface area contributed by atoms with Crippen LogP contribution in [0.1, 0.15) is 17.4 Å². The maximum absolute atomic E-state index is 3.67. The molecule has 0 saturated carbocycles. The molecule has 0 spiro atoms. The first-order valence-corrected chi connectivity index (χ1v) is 8.73. The lowest BCUT2D eigenvalue weighted by Gasteiger charge is -2.37. The van der Waals surface area contributed by atoms with Gasteiger partial charge in [0.2, 0.25) is 0 Å². The summed E-state index contributed by atoms with van der Waals surface area (Å²) in [6.45, 7) is 5.79. The van der Waals surface area contributed by atoms with Crippen molar-refractivity contribution in [1.82, 2.24) is 10.2 Å². The number of nitrogens with zero attached hydrogens (tertiary/aromatic N) is 1. The minimum Gasteiger partial charge on any atom is -0.311 e. The van der Waals surface area contributed by atoms with Gasteiger partial charge in [0.1, 0.15) is 0 Å². The maximum atomic E-state index is 3.67. The van der Waals surface area contributed by atoms with Gasteiger partial charge in [0, 0.05) is 36.6 Å². The summed E-state index contributed by atoms with van der Waals surface area (Å²) < 4.78 is 0. The number of rotatable bonds is 5. The average molecular weight is 300 g/mol. The fraction of sp³-hybridized carbons (Fsp3) is 0.444. The molecular weight excluding hydrogens is 276 g/mol. The van der Waals surface area contributed by atoms with Crippen LogP contribution in [-0.2, 0) is 12.8 Å². The molecule has 1 saturated heterocycles. The van der Waals surface area contributed by atoms with E-state index in [0.29, 0.717) is 12.1 Å². The van der Waals surface area contributed by atoms with Crippen molar-refractivity contribution in [3.8, 4) is 0 Å². The summed E-state index contributed by atoms with van der Waals surface area (Å²) in [5, 5.41) is 5.85. The first-order valence-electron chi connectivity index (χ1n) is 7.85. The molecule has 112 valence electrons. The highest BCUT2D eigenvalue weighted by Crippen LogP contribution is 2.16. The van der Waals surface area contributed by atoms with Crippen LogP contribution < -0.4 is 5.32 Å². The molecule has 2 nitrogen and oxygen atoms in total. The lowest BCUT2D eigenvalue weighted by atomic mass is 10.0. The van der Waals surface area contributed by atoms with Crippen molar-refractivity contribution in [2.45, 2.75) is 31.8 Å². The van der Waals surface area contributed by atoms with Gasteiger partial charge < -0.3 is 5.32 Å². The highest BCUT2D eigenvalue weighted by molar-refractivity contribution is 7.09. The van der Waals surface area contributed by atoms with Crippen molar-refractivity contribution in [3.63, 3.8) is 0 Å². The van der Waals surface area contributed by atoms with Crippen molar-refractivity contribution < 1.29 is 0 Å². The molecule has 0 amide bonds. The number of thiophene rings is 1. The van der Waals surface area contributed by atoms with Gasteiger partial charge in [-0.25, -0.2) is 0 Å². The Morgan fingerprint density at radius 3 is 2.86 bits per heavy atom. The standard InChI is InChI=1S/C18H24N2S/c1-15(12-18-8-5-11-21-18)20-10-9-19-17(14-20)13-16-6-3-2-4-7-16/h2-8,11,15,17,19H,9-10,12-14H2,1H3. The second-order valence-electron chi connectivity index (χ2n) is 5.97. The largest absolute Gasteiger partial charge is 0.311 e. The molecular formula is C18H24N2S. The van der Waals surface area contributed by atoms with Gasteiger partial charge in [-0.3, -0.25) is 4.90 Å². The van der Waals surface area contributed by atoms with E-state index in [-0.39, 0.29) is 0 Å². The van der Waals surface area contributed by atoms with Crippen LogP contribution in [0.4, 0.5) is 0 Å². The Labute approximate surface area is 131 Å². The van der Waals surface area contributed by atoms with Gasteiger partial charge in [-0.1, -0.05) is 36.4 Å². The van der Waals surface area contributed by atoms with E-state index < -0.39 is 0 Å². The molecule has 3 rings (SSSR count). The SMILES string of the molecule is CC(Cc1cccs1)N1CCNC(Cc2ccccc2)C1. The first kappa shape index (κ1) is 14.8. The van der Waals surface area contributed by atoms with E-state index in [9.17, 15) is 0 Å². The van der Waals surface area contributed by atoms with Crippen LogP contribution in [0.25, 0.3) is 0 Å². The van der Waals surface area contributed by atoms with Crippen LogP contribution in [0.15, 0.2) is 47.8 Å². The monoisotopic (exact) mass is 300 g/mol. The first-order chi connectivity index (χ1) is 10.3. The lowest BCUT2D eigenvalue weighted by molar-refractivity contribution is 0.152. The van der Waals surface area contributed by atoms with Crippen LogP contribution in [0, 0.1) is 0 Å². The molecule has 1 aliphatic heterocycles. The van der Waals surface area contributed by atoms with Gasteiger partial charge in [0.25, 0.3) is 0 Å². The third kappa shape index (κ3) is 4.16. The Hall–Kier alpha value is -1.16. The highest BCUT2D eigenvalue weighted by atomic mass is 32.1. The Morgan fingerprint density at radius 1 is 1.24 bits per heavy atom. The minimum absolute atomic E-state index is 0.576. The van der Waals surface area contributed by atoms with Gasteiger partial charge in [-0.05, 0) is 36.8 Å². The van der Waals surface area contributed by atoms with Crippen LogP contribution in [0.3, 0.4) is 0 Å². The Morgan fingerprint density at radius 2 is 2.10 bits per heavy atom. The molecule has 2 aromatic rings. The van der Waals surface area contributed by atoms with Crippen molar-refractivity contribution in [2.75, 3.05) is 19.6 Å². The molecule has 2 atom stereocenters. The Kier molecular flexibility index (Phi) is 5.07. The van der Waals surface area contributed by atoms with Crippen molar-refractivity contribution in [2.24, 2.45) is 0 Å². The minimum atomic E-state index is 0.576. The maximum Gasteiger partial charge on any atom is 0.0236 e. The third-order valence-corrected chi connectivity index (χ3v) is 5.21. The molecule has 1 aliphatic rings. The summed E-state index contributed by atoms with van der Waals surface area (Å²) in [4.78, 5) is 4.14. The fourth-order valence-corrected chi connectivity index (χ4v) is 3.96. The van der Waals surface area contributed by atoms with Gasteiger partial charge in [0.05, 0.1) is 0 Å². The molecule has 0 radical (unpaired) electrons. The zero-order valence-corrected chi connectivity index (χ0v) is 13.5. The Bertz CT molecular complexity index is 523. The zero-order valence-electron chi connectivity index (χ0n) is 12.7. The van der Waals surface area contributed by atoms with E-state index >= 15 is 0 Å². The number of hydrogen-bond donors (Lipinski definition) is 1. The second-order valence-corrected chi connectivity index (χ2v) is 7.00. The number of nitrogens with one attached hydrogen (secondary N) is 1. The van der Waals surface area contributed by atoms with E-state index in [0.717, 1.165) is 26.1 Å². The number of hydrogen-bond acceptors (Lipinski definition) is 3. The summed E-state index contributed by atoms with van der Waals surface area (Å²) in [5.41, 5.74) is 1.43. The van der Waals surface area contributed by atoms with E-state index in [2.05, 4.69) is 65.0 Å². The number of piperazine rings is 1. The molecule has 2 heterocycles. The third-order valence-electron chi connectivity index (χ3n) is 4.31. The van der Waals surface area contributed by atoms with E-state index in [4.69, 9.17) is 0 Å². The van der Waals surface area contributed by atoms with E-state index in [1.165, 1.54) is 16.9 Å². The molecule has 2 unspecified atom stereocenters. The van der Waals surface area contributed by atoms with Gasteiger partial charge in [0.15, 0.2) is 0 Å². The lowest BCUT2D eigenvalue weighted by Crippen LogP contribution is -2.54. The molecule has 1 aromatic carbocycles. The van der Waals surface area contributed by atoms with Gasteiger partial charge in [-0.15, -0.1) is 11.3 Å². The van der Waals surface area contributed by atoms with Crippen LogP contribution in [-0.4, -0.2) is 36.6 Å². The van der Waals surface area contributed by atoms with E-state index in [1.54, 1.807) is 0 Å².